The van der Waals surface area contributed by atoms with E-state index in [9.17, 15) is 10.2 Å². The van der Waals surface area contributed by atoms with Gasteiger partial charge in [0.2, 0.25) is 5.88 Å². The molecule has 3 aromatic carbocycles. The lowest BCUT2D eigenvalue weighted by Gasteiger charge is -2.06. The highest BCUT2D eigenvalue weighted by atomic mass is 16.5. The van der Waals surface area contributed by atoms with Gasteiger partial charge in [0.15, 0.2) is 11.3 Å². The van der Waals surface area contributed by atoms with Crippen LogP contribution in [0.2, 0.25) is 0 Å². The van der Waals surface area contributed by atoms with E-state index < -0.39 is 0 Å². The minimum Gasteiger partial charge on any atom is -0.508 e. The maximum Gasteiger partial charge on any atom is 0.219 e. The molecular formula is C28H21N3O3. The number of benzene rings is 3. The van der Waals surface area contributed by atoms with Crippen LogP contribution in [0.5, 0.6) is 17.4 Å². The summed E-state index contributed by atoms with van der Waals surface area (Å²) >= 11 is 0. The number of phenolic OH excluding ortho intramolecular Hbond substituents is 1. The fraction of sp³-hybridized carbons (Fsp3) is 0.0714. The molecule has 2 N–H and O–H groups in total. The number of phenols is 1. The molecule has 34 heavy (non-hydrogen) atoms. The van der Waals surface area contributed by atoms with Crippen molar-refractivity contribution in [3.63, 3.8) is 0 Å². The zero-order chi connectivity index (χ0) is 23.5. The van der Waals surface area contributed by atoms with Crippen molar-refractivity contribution in [1.29, 1.82) is 0 Å². The zero-order valence-electron chi connectivity index (χ0n) is 18.4. The lowest BCUT2D eigenvalue weighted by Crippen LogP contribution is -1.96. The Kier molecular flexibility index (Phi) is 5.59. The van der Waals surface area contributed by atoms with Crippen molar-refractivity contribution in [2.24, 2.45) is 0 Å². The van der Waals surface area contributed by atoms with Crippen LogP contribution in [0.4, 0.5) is 0 Å². The highest BCUT2D eigenvalue weighted by Gasteiger charge is 2.17. The smallest absolute Gasteiger partial charge is 0.219 e. The van der Waals surface area contributed by atoms with E-state index in [1.54, 1.807) is 42.0 Å². The second-order valence-electron chi connectivity index (χ2n) is 7.74. The van der Waals surface area contributed by atoms with Gasteiger partial charge in [0.1, 0.15) is 17.2 Å². The number of rotatable bonds is 4. The third kappa shape index (κ3) is 4.27. The third-order valence-electron chi connectivity index (χ3n) is 5.44. The Morgan fingerprint density at radius 3 is 2.29 bits per heavy atom. The van der Waals surface area contributed by atoms with E-state index in [2.05, 4.69) is 16.8 Å². The third-order valence-corrected chi connectivity index (χ3v) is 5.44. The quantitative estimate of drug-likeness (QED) is 0.387. The number of aromatic nitrogens is 3. The maximum absolute atomic E-state index is 11.0. The zero-order valence-corrected chi connectivity index (χ0v) is 18.4. The van der Waals surface area contributed by atoms with E-state index in [0.717, 1.165) is 22.4 Å². The monoisotopic (exact) mass is 447 g/mol. The normalized spacial score (nSPS) is 10.6. The van der Waals surface area contributed by atoms with E-state index >= 15 is 0 Å². The van der Waals surface area contributed by atoms with Gasteiger partial charge in [-0.2, -0.15) is 0 Å². The Labute approximate surface area is 196 Å². The molecule has 0 spiro atoms. The Balaban J connectivity index is 1.64. The Morgan fingerprint density at radius 2 is 1.59 bits per heavy atom. The number of ether oxygens (including phenoxy) is 1. The van der Waals surface area contributed by atoms with E-state index in [1.807, 2.05) is 54.6 Å². The molecule has 6 heteroatoms. The summed E-state index contributed by atoms with van der Waals surface area (Å²) in [6.45, 7) is 0. The number of imidazole rings is 1. The number of nitrogens with zero attached hydrogens (tertiary/aromatic N) is 3. The molecule has 166 valence electrons. The predicted molar refractivity (Wildman–Crippen MR) is 130 cm³/mol. The summed E-state index contributed by atoms with van der Waals surface area (Å²) in [5.74, 6) is 7.24. The largest absolute Gasteiger partial charge is 0.508 e. The van der Waals surface area contributed by atoms with Gasteiger partial charge in [-0.3, -0.25) is 4.40 Å². The SMILES string of the molecule is COc1ccc(-c2cn3c(O)c(Cc4ccc(O)cc4)nc3c(C#Cc3ccccc3)n2)cc1. The Hall–Kier alpha value is -4.76. The van der Waals surface area contributed by atoms with Crippen LogP contribution in [0.3, 0.4) is 0 Å². The fourth-order valence-corrected chi connectivity index (χ4v) is 3.65. The number of hydrogen-bond donors (Lipinski definition) is 2. The van der Waals surface area contributed by atoms with Crippen LogP contribution in [0, 0.1) is 11.8 Å². The van der Waals surface area contributed by atoms with Gasteiger partial charge in [-0.15, -0.1) is 0 Å². The maximum atomic E-state index is 11.0. The first-order valence-electron chi connectivity index (χ1n) is 10.7. The minimum atomic E-state index is 0.0306. The first-order chi connectivity index (χ1) is 16.6. The van der Waals surface area contributed by atoms with Gasteiger partial charge in [0.25, 0.3) is 0 Å². The number of hydrogen-bond acceptors (Lipinski definition) is 5. The molecule has 0 aliphatic heterocycles. The minimum absolute atomic E-state index is 0.0306. The number of fused-ring (bicyclic) bond motifs is 1. The van der Waals surface area contributed by atoms with Gasteiger partial charge in [-0.25, -0.2) is 9.97 Å². The molecule has 0 aliphatic carbocycles. The van der Waals surface area contributed by atoms with E-state index in [4.69, 9.17) is 9.72 Å². The summed E-state index contributed by atoms with van der Waals surface area (Å²) in [6, 6.07) is 24.0. The van der Waals surface area contributed by atoms with Gasteiger partial charge in [-0.05, 0) is 60.0 Å². The average Bonchev–Trinajstić information content (AvgIpc) is 3.19. The van der Waals surface area contributed by atoms with E-state index in [0.29, 0.717) is 29.1 Å². The molecule has 0 saturated carbocycles. The molecule has 0 fully saturated rings. The molecule has 0 amide bonds. The van der Waals surface area contributed by atoms with Crippen LogP contribution in [0.1, 0.15) is 22.5 Å². The van der Waals surface area contributed by atoms with Crippen LogP contribution < -0.4 is 4.74 Å². The molecule has 6 nitrogen and oxygen atoms in total. The van der Waals surface area contributed by atoms with Crippen LogP contribution in [-0.2, 0) is 6.42 Å². The van der Waals surface area contributed by atoms with Gasteiger partial charge in [0.05, 0.1) is 12.8 Å². The summed E-state index contributed by atoms with van der Waals surface area (Å²) in [6.07, 6.45) is 2.16. The topological polar surface area (TPSA) is 79.9 Å². The van der Waals surface area contributed by atoms with Gasteiger partial charge < -0.3 is 14.9 Å². The predicted octanol–water partition coefficient (Wildman–Crippen LogP) is 4.81. The lowest BCUT2D eigenvalue weighted by molar-refractivity contribution is 0.415. The summed E-state index contributed by atoms with van der Waals surface area (Å²) < 4.78 is 6.88. The van der Waals surface area contributed by atoms with Crippen molar-refractivity contribution in [1.82, 2.24) is 14.4 Å². The summed E-state index contributed by atoms with van der Waals surface area (Å²) in [7, 11) is 1.62. The highest BCUT2D eigenvalue weighted by Crippen LogP contribution is 2.28. The van der Waals surface area contributed by atoms with Gasteiger partial charge >= 0.3 is 0 Å². The molecule has 0 radical (unpaired) electrons. The van der Waals surface area contributed by atoms with Crippen molar-refractivity contribution in [3.05, 3.63) is 108 Å². The highest BCUT2D eigenvalue weighted by molar-refractivity contribution is 5.66. The van der Waals surface area contributed by atoms with Gasteiger partial charge in [-0.1, -0.05) is 36.3 Å². The van der Waals surface area contributed by atoms with Crippen LogP contribution in [-0.4, -0.2) is 31.7 Å². The fourth-order valence-electron chi connectivity index (χ4n) is 3.65. The molecule has 2 aromatic heterocycles. The molecule has 5 aromatic rings. The molecule has 0 atom stereocenters. The van der Waals surface area contributed by atoms with Crippen molar-refractivity contribution in [2.75, 3.05) is 7.11 Å². The molecule has 0 saturated heterocycles. The van der Waals surface area contributed by atoms with E-state index in [1.165, 1.54) is 0 Å². The molecule has 0 bridgehead atoms. The van der Waals surface area contributed by atoms with Crippen molar-refractivity contribution in [2.45, 2.75) is 6.42 Å². The lowest BCUT2D eigenvalue weighted by atomic mass is 10.1. The summed E-state index contributed by atoms with van der Waals surface area (Å²) in [5.41, 5.74) is 4.72. The summed E-state index contributed by atoms with van der Waals surface area (Å²) in [4.78, 5) is 9.44. The first-order valence-corrected chi connectivity index (χ1v) is 10.7. The second-order valence-corrected chi connectivity index (χ2v) is 7.74. The molecule has 0 unspecified atom stereocenters. The Morgan fingerprint density at radius 1 is 0.853 bits per heavy atom. The average molecular weight is 447 g/mol. The first kappa shape index (κ1) is 21.1. The molecule has 2 heterocycles. The van der Waals surface area contributed by atoms with Crippen molar-refractivity contribution in [3.8, 4) is 40.5 Å². The van der Waals surface area contributed by atoms with Crippen molar-refractivity contribution < 1.29 is 14.9 Å². The molecular weight excluding hydrogens is 426 g/mol. The van der Waals surface area contributed by atoms with Crippen LogP contribution >= 0.6 is 0 Å². The van der Waals surface area contributed by atoms with Crippen LogP contribution in [0.25, 0.3) is 16.9 Å². The second kappa shape index (κ2) is 9.00. The van der Waals surface area contributed by atoms with Crippen molar-refractivity contribution >= 4 is 5.65 Å². The molecule has 5 rings (SSSR count). The van der Waals surface area contributed by atoms with Gasteiger partial charge in [0, 0.05) is 23.7 Å². The molecule has 0 aliphatic rings. The van der Waals surface area contributed by atoms with Crippen LogP contribution in [0.15, 0.2) is 85.1 Å². The number of methoxy groups -OCH3 is 1. The Bertz CT molecular complexity index is 1510. The standard InChI is InChI=1S/C28H21N3O3/c1-34-23-14-10-21(11-15-23)26-18-31-27(24(29-26)16-9-19-5-3-2-4-6-19)30-25(28(31)33)17-20-7-12-22(32)13-8-20/h2-8,10-15,18,32-33H,17H2,1H3. The summed E-state index contributed by atoms with van der Waals surface area (Å²) in [5, 5.41) is 20.6. The number of aromatic hydroxyl groups is 2. The van der Waals surface area contributed by atoms with E-state index in [-0.39, 0.29) is 11.6 Å².